The van der Waals surface area contributed by atoms with Crippen LogP contribution in [0.4, 0.5) is 0 Å². The number of fused-ring (bicyclic) bond motifs is 2. The fourth-order valence-corrected chi connectivity index (χ4v) is 3.80. The first-order valence-corrected chi connectivity index (χ1v) is 5.89. The highest BCUT2D eigenvalue weighted by molar-refractivity contribution is 9.10. The summed E-state index contributed by atoms with van der Waals surface area (Å²) in [6.45, 7) is 0. The van der Waals surface area contributed by atoms with Crippen LogP contribution in [0, 0.1) is 0 Å². The van der Waals surface area contributed by atoms with Crippen LogP contribution in [-0.4, -0.2) is 0 Å². The molecule has 2 aliphatic rings. The second kappa shape index (κ2) is 2.60. The average molecular weight is 237 g/mol. The second-order valence-electron chi connectivity index (χ2n) is 4.41. The number of benzene rings is 1. The minimum Gasteiger partial charge on any atom is -0.0609 e. The van der Waals surface area contributed by atoms with Crippen molar-refractivity contribution in [3.05, 3.63) is 33.8 Å². The van der Waals surface area contributed by atoms with Gasteiger partial charge in [-0.1, -0.05) is 34.5 Å². The van der Waals surface area contributed by atoms with Crippen molar-refractivity contribution in [3.8, 4) is 0 Å². The quantitative estimate of drug-likeness (QED) is 0.643. The van der Waals surface area contributed by atoms with Gasteiger partial charge in [0.15, 0.2) is 0 Å². The van der Waals surface area contributed by atoms with Crippen LogP contribution < -0.4 is 0 Å². The standard InChI is InChI=1S/C12H13Br/c13-10-4-1-3-9-5-8-12(11(9)10)6-2-7-12/h1,3-4H,2,5-8H2. The first kappa shape index (κ1) is 8.05. The van der Waals surface area contributed by atoms with Crippen LogP contribution in [0.25, 0.3) is 0 Å². The van der Waals surface area contributed by atoms with Crippen LogP contribution in [0.1, 0.15) is 36.8 Å². The largest absolute Gasteiger partial charge is 0.0609 e. The molecule has 3 rings (SSSR count). The molecule has 1 fully saturated rings. The summed E-state index contributed by atoms with van der Waals surface area (Å²) in [4.78, 5) is 0. The van der Waals surface area contributed by atoms with E-state index >= 15 is 0 Å². The van der Waals surface area contributed by atoms with Crippen LogP contribution in [0.2, 0.25) is 0 Å². The number of aryl methyl sites for hydroxylation is 1. The van der Waals surface area contributed by atoms with Crippen molar-refractivity contribution in [1.82, 2.24) is 0 Å². The monoisotopic (exact) mass is 236 g/mol. The number of hydrogen-bond acceptors (Lipinski definition) is 0. The lowest BCUT2D eigenvalue weighted by atomic mass is 9.65. The Hall–Kier alpha value is -0.300. The topological polar surface area (TPSA) is 0 Å². The van der Waals surface area contributed by atoms with Crippen molar-refractivity contribution in [1.29, 1.82) is 0 Å². The van der Waals surface area contributed by atoms with E-state index in [0.29, 0.717) is 5.41 Å². The first-order valence-electron chi connectivity index (χ1n) is 5.10. The van der Waals surface area contributed by atoms with Gasteiger partial charge in [0.1, 0.15) is 0 Å². The molecule has 0 radical (unpaired) electrons. The van der Waals surface area contributed by atoms with Crippen molar-refractivity contribution >= 4 is 15.9 Å². The molecule has 2 aliphatic carbocycles. The van der Waals surface area contributed by atoms with Crippen molar-refractivity contribution in [2.24, 2.45) is 0 Å². The van der Waals surface area contributed by atoms with Crippen LogP contribution in [0.15, 0.2) is 22.7 Å². The normalized spacial score (nSPS) is 22.8. The van der Waals surface area contributed by atoms with Gasteiger partial charge in [-0.3, -0.25) is 0 Å². The number of halogens is 1. The Bertz CT molecular complexity index is 350. The third kappa shape index (κ3) is 0.969. The summed E-state index contributed by atoms with van der Waals surface area (Å²) in [5.41, 5.74) is 3.82. The zero-order valence-corrected chi connectivity index (χ0v) is 9.23. The highest BCUT2D eigenvalue weighted by Gasteiger charge is 2.44. The van der Waals surface area contributed by atoms with Gasteiger partial charge in [-0.25, -0.2) is 0 Å². The fourth-order valence-electron chi connectivity index (χ4n) is 2.97. The molecule has 1 aromatic carbocycles. The van der Waals surface area contributed by atoms with Crippen molar-refractivity contribution < 1.29 is 0 Å². The Morgan fingerprint density at radius 2 is 2.00 bits per heavy atom. The van der Waals surface area contributed by atoms with E-state index in [1.807, 2.05) is 0 Å². The van der Waals surface area contributed by atoms with E-state index in [2.05, 4.69) is 34.1 Å². The Kier molecular flexibility index (Phi) is 1.61. The molecule has 1 heteroatoms. The Balaban J connectivity index is 2.19. The molecule has 1 aromatic rings. The van der Waals surface area contributed by atoms with Gasteiger partial charge >= 0.3 is 0 Å². The molecule has 0 atom stereocenters. The molecular formula is C12H13Br. The molecule has 13 heavy (non-hydrogen) atoms. The number of hydrogen-bond donors (Lipinski definition) is 0. The van der Waals surface area contributed by atoms with Crippen LogP contribution in [0.3, 0.4) is 0 Å². The van der Waals surface area contributed by atoms with Crippen molar-refractivity contribution in [2.75, 3.05) is 0 Å². The Morgan fingerprint density at radius 3 is 2.69 bits per heavy atom. The Morgan fingerprint density at radius 1 is 1.15 bits per heavy atom. The maximum absolute atomic E-state index is 3.70. The Labute approximate surface area is 87.5 Å². The molecule has 0 aliphatic heterocycles. The van der Waals surface area contributed by atoms with Gasteiger partial charge in [0.05, 0.1) is 0 Å². The van der Waals surface area contributed by atoms with E-state index in [1.54, 1.807) is 11.1 Å². The summed E-state index contributed by atoms with van der Waals surface area (Å²) in [5.74, 6) is 0. The van der Waals surface area contributed by atoms with E-state index in [1.165, 1.54) is 36.6 Å². The molecule has 0 bridgehead atoms. The molecule has 0 amide bonds. The molecule has 0 nitrogen and oxygen atoms in total. The summed E-state index contributed by atoms with van der Waals surface area (Å²) < 4.78 is 1.35. The molecule has 0 heterocycles. The summed E-state index contributed by atoms with van der Waals surface area (Å²) in [5, 5.41) is 0. The van der Waals surface area contributed by atoms with E-state index in [0.717, 1.165) is 0 Å². The maximum atomic E-state index is 3.70. The number of rotatable bonds is 0. The van der Waals surface area contributed by atoms with Crippen LogP contribution >= 0.6 is 15.9 Å². The third-order valence-corrected chi connectivity index (χ3v) is 4.47. The molecule has 0 aromatic heterocycles. The van der Waals surface area contributed by atoms with Gasteiger partial charge < -0.3 is 0 Å². The fraction of sp³-hybridized carbons (Fsp3) is 0.500. The van der Waals surface area contributed by atoms with Gasteiger partial charge in [-0.2, -0.15) is 0 Å². The molecular weight excluding hydrogens is 224 g/mol. The molecule has 0 unspecified atom stereocenters. The minimum atomic E-state index is 0.593. The summed E-state index contributed by atoms with van der Waals surface area (Å²) in [7, 11) is 0. The molecule has 0 N–H and O–H groups in total. The lowest BCUT2D eigenvalue weighted by molar-refractivity contribution is 0.243. The lowest BCUT2D eigenvalue weighted by Crippen LogP contribution is -2.31. The average Bonchev–Trinajstić information content (AvgIpc) is 2.44. The first-order chi connectivity index (χ1) is 6.32. The molecule has 68 valence electrons. The summed E-state index contributed by atoms with van der Waals surface area (Å²) in [6.07, 6.45) is 6.96. The van der Waals surface area contributed by atoms with Gasteiger partial charge in [0, 0.05) is 4.47 Å². The summed E-state index contributed by atoms with van der Waals surface area (Å²) in [6, 6.07) is 6.66. The highest BCUT2D eigenvalue weighted by atomic mass is 79.9. The second-order valence-corrected chi connectivity index (χ2v) is 5.26. The van der Waals surface area contributed by atoms with E-state index in [9.17, 15) is 0 Å². The maximum Gasteiger partial charge on any atom is 0.0215 e. The lowest BCUT2D eigenvalue weighted by Gasteiger charge is -2.40. The van der Waals surface area contributed by atoms with Crippen LogP contribution in [0.5, 0.6) is 0 Å². The SMILES string of the molecule is Brc1cccc2c1C1(CCC1)CC2. The molecule has 1 spiro atoms. The highest BCUT2D eigenvalue weighted by Crippen LogP contribution is 2.54. The zero-order valence-electron chi connectivity index (χ0n) is 7.65. The smallest absolute Gasteiger partial charge is 0.0215 e. The molecule has 1 saturated carbocycles. The summed E-state index contributed by atoms with van der Waals surface area (Å²) >= 11 is 3.70. The predicted octanol–water partition coefficient (Wildman–Crippen LogP) is 3.82. The third-order valence-electron chi connectivity index (χ3n) is 3.81. The zero-order chi connectivity index (χ0) is 8.89. The van der Waals surface area contributed by atoms with Gasteiger partial charge in [-0.05, 0) is 48.3 Å². The predicted molar refractivity (Wildman–Crippen MR) is 58.0 cm³/mol. The van der Waals surface area contributed by atoms with E-state index in [4.69, 9.17) is 0 Å². The minimum absolute atomic E-state index is 0.593. The van der Waals surface area contributed by atoms with Crippen molar-refractivity contribution in [2.45, 2.75) is 37.5 Å². The van der Waals surface area contributed by atoms with E-state index < -0.39 is 0 Å². The van der Waals surface area contributed by atoms with E-state index in [-0.39, 0.29) is 0 Å². The van der Waals surface area contributed by atoms with Gasteiger partial charge in [-0.15, -0.1) is 0 Å². The van der Waals surface area contributed by atoms with Crippen LogP contribution in [-0.2, 0) is 11.8 Å². The van der Waals surface area contributed by atoms with Crippen molar-refractivity contribution in [3.63, 3.8) is 0 Å². The molecule has 0 saturated heterocycles. The van der Waals surface area contributed by atoms with Gasteiger partial charge in [0.2, 0.25) is 0 Å². The van der Waals surface area contributed by atoms with Gasteiger partial charge in [0.25, 0.3) is 0 Å².